The van der Waals surface area contributed by atoms with Crippen LogP contribution in [0.15, 0.2) is 12.3 Å². The Morgan fingerprint density at radius 3 is 2.84 bits per heavy atom. The van der Waals surface area contributed by atoms with Gasteiger partial charge in [0, 0.05) is 57.2 Å². The van der Waals surface area contributed by atoms with Crippen molar-refractivity contribution in [2.75, 3.05) is 39.4 Å². The van der Waals surface area contributed by atoms with Crippen molar-refractivity contribution in [3.05, 3.63) is 23.8 Å². The van der Waals surface area contributed by atoms with Crippen LogP contribution >= 0.6 is 0 Å². The summed E-state index contributed by atoms with van der Waals surface area (Å²) >= 11 is 0. The van der Waals surface area contributed by atoms with Gasteiger partial charge in [0.05, 0.1) is 6.54 Å². The molecule has 3 heterocycles. The lowest BCUT2D eigenvalue weighted by Crippen LogP contribution is -2.43. The first kappa shape index (κ1) is 13.0. The van der Waals surface area contributed by atoms with Gasteiger partial charge in [0.1, 0.15) is 5.82 Å². The lowest BCUT2D eigenvalue weighted by Gasteiger charge is -2.27. The molecule has 0 saturated carbocycles. The van der Waals surface area contributed by atoms with E-state index in [1.165, 1.54) is 5.69 Å². The number of nitrogens with one attached hydrogen (secondary N) is 1. The minimum absolute atomic E-state index is 0.554. The number of hydrogen-bond donors (Lipinski definition) is 1. The van der Waals surface area contributed by atoms with Crippen LogP contribution in [0.5, 0.6) is 0 Å². The molecule has 0 unspecified atom stereocenters. The number of nitrogens with zero attached hydrogens (tertiary/aromatic N) is 3. The van der Waals surface area contributed by atoms with Gasteiger partial charge in [-0.15, -0.1) is 0 Å². The fourth-order valence-electron chi connectivity index (χ4n) is 2.78. The molecule has 0 bridgehead atoms. The fraction of sp³-hybridized carbons (Fsp3) is 0.714. The van der Waals surface area contributed by atoms with Crippen molar-refractivity contribution in [2.45, 2.75) is 25.3 Å². The molecule has 0 atom stereocenters. The minimum atomic E-state index is 0.554. The van der Waals surface area contributed by atoms with Gasteiger partial charge in [0.2, 0.25) is 0 Å². The van der Waals surface area contributed by atoms with Gasteiger partial charge in [-0.3, -0.25) is 4.90 Å². The molecule has 1 N–H and O–H groups in total. The van der Waals surface area contributed by atoms with Crippen LogP contribution in [-0.4, -0.2) is 54.3 Å². The number of hydrogen-bond acceptors (Lipinski definition) is 5. The second-order valence-corrected chi connectivity index (χ2v) is 5.31. The summed E-state index contributed by atoms with van der Waals surface area (Å²) in [6, 6.07) is 2.07. The van der Waals surface area contributed by atoms with E-state index in [4.69, 9.17) is 9.72 Å². The van der Waals surface area contributed by atoms with E-state index in [-0.39, 0.29) is 0 Å². The molecule has 2 saturated heterocycles. The quantitative estimate of drug-likeness (QED) is 0.872. The predicted octanol–water partition coefficient (Wildman–Crippen LogP) is 0.776. The largest absolute Gasteiger partial charge is 0.381 e. The molecule has 1 aromatic heterocycles. The smallest absolute Gasteiger partial charge is 0.142 e. The summed E-state index contributed by atoms with van der Waals surface area (Å²) in [6.45, 7) is 6.91. The Hall–Kier alpha value is -1.04. The topological polar surface area (TPSA) is 50.3 Å². The van der Waals surface area contributed by atoms with Gasteiger partial charge in [0.25, 0.3) is 0 Å². The van der Waals surface area contributed by atoms with Crippen molar-refractivity contribution in [1.82, 2.24) is 20.2 Å². The summed E-state index contributed by atoms with van der Waals surface area (Å²) in [6.07, 6.45) is 4.09. The van der Waals surface area contributed by atoms with Gasteiger partial charge in [-0.25, -0.2) is 9.97 Å². The molecule has 0 spiro atoms. The van der Waals surface area contributed by atoms with Crippen molar-refractivity contribution in [3.63, 3.8) is 0 Å². The van der Waals surface area contributed by atoms with Crippen LogP contribution in [0.2, 0.25) is 0 Å². The third-order valence-corrected chi connectivity index (χ3v) is 3.94. The normalized spacial score (nSPS) is 22.5. The highest BCUT2D eigenvalue weighted by Gasteiger charge is 2.18. The Morgan fingerprint density at radius 2 is 2.05 bits per heavy atom. The van der Waals surface area contributed by atoms with Crippen LogP contribution in [0.3, 0.4) is 0 Å². The Kier molecular flexibility index (Phi) is 4.37. The van der Waals surface area contributed by atoms with E-state index >= 15 is 0 Å². The highest BCUT2D eigenvalue weighted by molar-refractivity contribution is 5.09. The van der Waals surface area contributed by atoms with Crippen molar-refractivity contribution >= 4 is 0 Å². The molecule has 0 amide bonds. The SMILES string of the molecule is c1cc(C2CCOCC2)nc(CN2CCNCC2)n1. The van der Waals surface area contributed by atoms with E-state index in [2.05, 4.69) is 21.3 Å². The fourth-order valence-corrected chi connectivity index (χ4v) is 2.78. The zero-order chi connectivity index (χ0) is 12.9. The second kappa shape index (κ2) is 6.41. The summed E-state index contributed by atoms with van der Waals surface area (Å²) in [5.74, 6) is 1.52. The molecule has 2 aliphatic rings. The molecular weight excluding hydrogens is 240 g/mol. The minimum Gasteiger partial charge on any atom is -0.381 e. The summed E-state index contributed by atoms with van der Waals surface area (Å²) in [5.41, 5.74) is 1.20. The first-order valence-electron chi connectivity index (χ1n) is 7.24. The molecule has 5 nitrogen and oxygen atoms in total. The number of rotatable bonds is 3. The van der Waals surface area contributed by atoms with Gasteiger partial charge >= 0.3 is 0 Å². The molecular formula is C14H22N4O. The predicted molar refractivity (Wildman–Crippen MR) is 73.0 cm³/mol. The maximum absolute atomic E-state index is 5.41. The second-order valence-electron chi connectivity index (χ2n) is 5.31. The van der Waals surface area contributed by atoms with Crippen molar-refractivity contribution in [2.24, 2.45) is 0 Å². The third kappa shape index (κ3) is 3.49. The van der Waals surface area contributed by atoms with Crippen LogP contribution in [0.1, 0.15) is 30.3 Å². The first-order valence-corrected chi connectivity index (χ1v) is 7.24. The highest BCUT2D eigenvalue weighted by atomic mass is 16.5. The molecule has 1 aromatic rings. The van der Waals surface area contributed by atoms with Gasteiger partial charge in [0.15, 0.2) is 0 Å². The molecule has 0 aromatic carbocycles. The monoisotopic (exact) mass is 262 g/mol. The third-order valence-electron chi connectivity index (χ3n) is 3.94. The summed E-state index contributed by atoms with van der Waals surface area (Å²) in [7, 11) is 0. The van der Waals surface area contributed by atoms with E-state index < -0.39 is 0 Å². The lowest BCUT2D eigenvalue weighted by molar-refractivity contribution is 0.0843. The molecule has 2 fully saturated rings. The van der Waals surface area contributed by atoms with Gasteiger partial charge in [-0.05, 0) is 18.9 Å². The zero-order valence-electron chi connectivity index (χ0n) is 11.3. The molecule has 2 aliphatic heterocycles. The van der Waals surface area contributed by atoms with E-state index in [9.17, 15) is 0 Å². The van der Waals surface area contributed by atoms with E-state index in [1.807, 2.05) is 6.20 Å². The highest BCUT2D eigenvalue weighted by Crippen LogP contribution is 2.24. The molecule has 104 valence electrons. The van der Waals surface area contributed by atoms with Crippen molar-refractivity contribution in [1.29, 1.82) is 0 Å². The van der Waals surface area contributed by atoms with Gasteiger partial charge in [-0.2, -0.15) is 0 Å². The zero-order valence-corrected chi connectivity index (χ0v) is 11.3. The van der Waals surface area contributed by atoms with Crippen LogP contribution in [0, 0.1) is 0 Å². The molecule has 5 heteroatoms. The maximum atomic E-state index is 5.41. The molecule has 0 radical (unpaired) electrons. The Balaban J connectivity index is 1.64. The van der Waals surface area contributed by atoms with Crippen molar-refractivity contribution in [3.8, 4) is 0 Å². The summed E-state index contributed by atoms with van der Waals surface area (Å²) in [5, 5.41) is 3.37. The Labute approximate surface area is 114 Å². The van der Waals surface area contributed by atoms with Gasteiger partial charge in [-0.1, -0.05) is 0 Å². The summed E-state index contributed by atoms with van der Waals surface area (Å²) < 4.78 is 5.41. The first-order chi connectivity index (χ1) is 9.42. The average molecular weight is 262 g/mol. The van der Waals surface area contributed by atoms with Crippen LogP contribution < -0.4 is 5.32 Å². The number of ether oxygens (including phenoxy) is 1. The standard InChI is InChI=1S/C14H22N4O/c1-4-16-14(11-18-7-5-15-6-8-18)17-13(1)12-2-9-19-10-3-12/h1,4,12,15H,2-3,5-11H2. The van der Waals surface area contributed by atoms with E-state index in [0.717, 1.165) is 64.6 Å². The van der Waals surface area contributed by atoms with Crippen LogP contribution in [0.4, 0.5) is 0 Å². The van der Waals surface area contributed by atoms with E-state index in [1.54, 1.807) is 0 Å². The molecule has 0 aliphatic carbocycles. The summed E-state index contributed by atoms with van der Waals surface area (Å²) in [4.78, 5) is 11.6. The number of aromatic nitrogens is 2. The molecule has 3 rings (SSSR count). The van der Waals surface area contributed by atoms with Gasteiger partial charge < -0.3 is 10.1 Å². The Morgan fingerprint density at radius 1 is 1.26 bits per heavy atom. The lowest BCUT2D eigenvalue weighted by atomic mass is 9.96. The molecule has 19 heavy (non-hydrogen) atoms. The Bertz CT molecular complexity index is 400. The van der Waals surface area contributed by atoms with Crippen LogP contribution in [-0.2, 0) is 11.3 Å². The maximum Gasteiger partial charge on any atom is 0.142 e. The van der Waals surface area contributed by atoms with Crippen molar-refractivity contribution < 1.29 is 4.74 Å². The average Bonchev–Trinajstić information content (AvgIpc) is 2.49. The van der Waals surface area contributed by atoms with Crippen LogP contribution in [0.25, 0.3) is 0 Å². The number of piperazine rings is 1. The van der Waals surface area contributed by atoms with E-state index in [0.29, 0.717) is 5.92 Å².